The van der Waals surface area contributed by atoms with Crippen molar-refractivity contribution in [2.45, 2.75) is 97.5 Å². The second kappa shape index (κ2) is 9.45. The van der Waals surface area contributed by atoms with Crippen LogP contribution in [0.25, 0.3) is 0 Å². The van der Waals surface area contributed by atoms with Gasteiger partial charge in [0.1, 0.15) is 13.2 Å². The SMILES string of the molecule is CC(CCC(=O)OCC[N+](C)(C)C)[C@H]1CC[C@H]2[C@@H]3CCC4C[C@H]([O-])CC[C@]4(C)[C@H]3CC[C@]12C. The third kappa shape index (κ3) is 5.03. The van der Waals surface area contributed by atoms with E-state index in [1.54, 1.807) is 0 Å². The third-order valence-electron chi connectivity index (χ3n) is 11.2. The molecule has 0 spiro atoms. The maximum atomic E-state index is 12.3. The van der Waals surface area contributed by atoms with E-state index in [1.165, 1.54) is 44.9 Å². The molecule has 0 aromatic carbocycles. The Kier molecular flexibility index (Phi) is 7.30. The highest BCUT2D eigenvalue weighted by molar-refractivity contribution is 5.69. The summed E-state index contributed by atoms with van der Waals surface area (Å²) < 4.78 is 6.35. The van der Waals surface area contributed by atoms with Crippen molar-refractivity contribution in [2.75, 3.05) is 34.3 Å². The summed E-state index contributed by atoms with van der Waals surface area (Å²) in [5.74, 6) is 4.55. The van der Waals surface area contributed by atoms with Gasteiger partial charge in [0.25, 0.3) is 0 Å². The van der Waals surface area contributed by atoms with Crippen LogP contribution in [0.2, 0.25) is 0 Å². The molecular formula is C29H51NO3. The minimum atomic E-state index is -0.301. The topological polar surface area (TPSA) is 49.4 Å². The van der Waals surface area contributed by atoms with Crippen LogP contribution in [-0.4, -0.2) is 50.9 Å². The first-order valence-corrected chi connectivity index (χ1v) is 14.1. The Morgan fingerprint density at radius 3 is 2.42 bits per heavy atom. The monoisotopic (exact) mass is 461 g/mol. The molecule has 0 radical (unpaired) electrons. The van der Waals surface area contributed by atoms with Gasteiger partial charge in [-0.1, -0.05) is 33.6 Å². The van der Waals surface area contributed by atoms with Gasteiger partial charge in [-0.25, -0.2) is 0 Å². The van der Waals surface area contributed by atoms with Crippen molar-refractivity contribution in [1.29, 1.82) is 0 Å². The van der Waals surface area contributed by atoms with E-state index in [2.05, 4.69) is 41.9 Å². The molecule has 0 heterocycles. The van der Waals surface area contributed by atoms with E-state index in [4.69, 9.17) is 4.74 Å². The summed E-state index contributed by atoms with van der Waals surface area (Å²) in [6.45, 7) is 8.95. The molecule has 4 saturated carbocycles. The molecule has 0 aromatic rings. The number of esters is 1. The van der Waals surface area contributed by atoms with Crippen LogP contribution in [0.5, 0.6) is 0 Å². The fourth-order valence-corrected chi connectivity index (χ4v) is 9.25. The number of carbonyl (C=O) groups is 1. The Morgan fingerprint density at radius 1 is 1.00 bits per heavy atom. The van der Waals surface area contributed by atoms with Crippen LogP contribution in [0, 0.1) is 46.3 Å². The molecule has 4 heteroatoms. The van der Waals surface area contributed by atoms with E-state index < -0.39 is 0 Å². The van der Waals surface area contributed by atoms with Gasteiger partial charge in [0, 0.05) is 6.42 Å². The summed E-state index contributed by atoms with van der Waals surface area (Å²) in [4.78, 5) is 12.3. The second-order valence-electron chi connectivity index (χ2n) is 14.0. The smallest absolute Gasteiger partial charge is 0.306 e. The molecule has 0 aliphatic heterocycles. The molecule has 4 fully saturated rings. The maximum Gasteiger partial charge on any atom is 0.306 e. The van der Waals surface area contributed by atoms with Crippen molar-refractivity contribution >= 4 is 5.97 Å². The Morgan fingerprint density at radius 2 is 1.70 bits per heavy atom. The Labute approximate surface area is 203 Å². The summed E-state index contributed by atoms with van der Waals surface area (Å²) in [5, 5.41) is 12.2. The van der Waals surface area contributed by atoms with E-state index in [0.717, 1.165) is 54.0 Å². The average Bonchev–Trinajstić information content (AvgIpc) is 3.09. The lowest BCUT2D eigenvalue weighted by Crippen LogP contribution is -2.55. The van der Waals surface area contributed by atoms with Crippen LogP contribution in [0.15, 0.2) is 0 Å². The first-order chi connectivity index (χ1) is 15.4. The van der Waals surface area contributed by atoms with E-state index in [0.29, 0.717) is 35.7 Å². The van der Waals surface area contributed by atoms with Crippen molar-refractivity contribution in [2.24, 2.45) is 46.3 Å². The lowest BCUT2D eigenvalue weighted by Gasteiger charge is -2.62. The first-order valence-electron chi connectivity index (χ1n) is 14.1. The van der Waals surface area contributed by atoms with Gasteiger partial charge >= 0.3 is 5.97 Å². The van der Waals surface area contributed by atoms with Gasteiger partial charge in [-0.05, 0) is 97.7 Å². The second-order valence-corrected chi connectivity index (χ2v) is 14.0. The third-order valence-corrected chi connectivity index (χ3v) is 11.2. The van der Waals surface area contributed by atoms with Gasteiger partial charge in [0.15, 0.2) is 0 Å². The zero-order chi connectivity index (χ0) is 24.0. The number of rotatable bonds is 7. The van der Waals surface area contributed by atoms with Gasteiger partial charge < -0.3 is 14.3 Å². The number of hydrogen-bond donors (Lipinski definition) is 0. The molecule has 4 aliphatic carbocycles. The standard InChI is InChI=1S/C29H51NO3/c1-20(7-12-27(32)33-18-17-30(4,5)6)24-10-11-25-23-9-8-21-19-22(31)13-15-28(21,2)26(23)14-16-29(24,25)3/h20-26H,7-19H2,1-6H3/t20?,21?,22-,23+,24-,25+,26+,28+,29-/m1/s1. The molecule has 0 amide bonds. The summed E-state index contributed by atoms with van der Waals surface area (Å²) in [6, 6.07) is 0. The summed E-state index contributed by atoms with van der Waals surface area (Å²) in [6.07, 6.45) is 12.3. The number of likely N-dealkylation sites (N-methyl/N-ethyl adjacent to an activating group) is 1. The van der Waals surface area contributed by atoms with E-state index >= 15 is 0 Å². The minimum Gasteiger partial charge on any atom is -0.852 e. The largest absolute Gasteiger partial charge is 0.852 e. The predicted octanol–water partition coefficient (Wildman–Crippen LogP) is 5.04. The van der Waals surface area contributed by atoms with Crippen LogP contribution in [0.3, 0.4) is 0 Å². The average molecular weight is 462 g/mol. The molecular weight excluding hydrogens is 410 g/mol. The highest BCUT2D eigenvalue weighted by Crippen LogP contribution is 2.68. The Hall–Kier alpha value is -0.610. The fraction of sp³-hybridized carbons (Fsp3) is 0.966. The van der Waals surface area contributed by atoms with Crippen LogP contribution >= 0.6 is 0 Å². The van der Waals surface area contributed by atoms with Gasteiger partial charge in [-0.15, -0.1) is 6.10 Å². The van der Waals surface area contributed by atoms with Gasteiger partial charge in [-0.2, -0.15) is 0 Å². The molecule has 0 N–H and O–H groups in total. The molecule has 9 atom stereocenters. The molecule has 2 unspecified atom stereocenters. The van der Waals surface area contributed by atoms with Crippen molar-refractivity contribution in [3.05, 3.63) is 0 Å². The highest BCUT2D eigenvalue weighted by Gasteiger charge is 2.60. The number of quaternary nitrogens is 1. The first kappa shape index (κ1) is 25.5. The number of carbonyl (C=O) groups excluding carboxylic acids is 1. The molecule has 0 aromatic heterocycles. The highest BCUT2D eigenvalue weighted by atomic mass is 16.5. The predicted molar refractivity (Wildman–Crippen MR) is 131 cm³/mol. The van der Waals surface area contributed by atoms with Crippen molar-refractivity contribution < 1.29 is 19.1 Å². The van der Waals surface area contributed by atoms with E-state index in [1.807, 2.05) is 0 Å². The zero-order valence-electron chi connectivity index (χ0n) is 22.4. The summed E-state index contributed by atoms with van der Waals surface area (Å²) in [7, 11) is 6.39. The summed E-state index contributed by atoms with van der Waals surface area (Å²) in [5.41, 5.74) is 0.859. The Balaban J connectivity index is 1.34. The van der Waals surface area contributed by atoms with Crippen LogP contribution < -0.4 is 5.11 Å². The lowest BCUT2D eigenvalue weighted by atomic mass is 9.44. The zero-order valence-corrected chi connectivity index (χ0v) is 22.4. The summed E-state index contributed by atoms with van der Waals surface area (Å²) >= 11 is 0. The van der Waals surface area contributed by atoms with Crippen molar-refractivity contribution in [1.82, 2.24) is 0 Å². The maximum absolute atomic E-state index is 12.3. The quantitative estimate of drug-likeness (QED) is 0.394. The molecule has 0 saturated heterocycles. The lowest BCUT2D eigenvalue weighted by molar-refractivity contribution is -0.870. The normalized spacial score (nSPS) is 43.8. The minimum absolute atomic E-state index is 0.0149. The molecule has 33 heavy (non-hydrogen) atoms. The van der Waals surface area contributed by atoms with Crippen LogP contribution in [0.4, 0.5) is 0 Å². The van der Waals surface area contributed by atoms with Crippen LogP contribution in [0.1, 0.15) is 91.4 Å². The number of ether oxygens (including phenoxy) is 1. The van der Waals surface area contributed by atoms with Crippen molar-refractivity contribution in [3.63, 3.8) is 0 Å². The van der Waals surface area contributed by atoms with Gasteiger partial charge in [-0.3, -0.25) is 4.79 Å². The Bertz CT molecular complexity index is 701. The molecule has 4 nitrogen and oxygen atoms in total. The number of fused-ring (bicyclic) bond motifs is 5. The van der Waals surface area contributed by atoms with E-state index in [-0.39, 0.29) is 12.1 Å². The molecule has 4 rings (SSSR count). The molecule has 190 valence electrons. The van der Waals surface area contributed by atoms with Crippen molar-refractivity contribution in [3.8, 4) is 0 Å². The number of hydrogen-bond acceptors (Lipinski definition) is 3. The number of nitrogens with zero attached hydrogens (tertiary/aromatic N) is 1. The molecule has 0 bridgehead atoms. The van der Waals surface area contributed by atoms with Gasteiger partial charge in [0.05, 0.1) is 21.1 Å². The molecule has 4 aliphatic rings. The van der Waals surface area contributed by atoms with E-state index in [9.17, 15) is 9.90 Å². The van der Waals surface area contributed by atoms with Gasteiger partial charge in [0.2, 0.25) is 0 Å². The fourth-order valence-electron chi connectivity index (χ4n) is 9.25. The van der Waals surface area contributed by atoms with Crippen LogP contribution in [-0.2, 0) is 9.53 Å².